The molecular formula is C6H9BN2O4. The normalized spacial score (nSPS) is 10.2. The van der Waals surface area contributed by atoms with Crippen LogP contribution in [0.2, 0.25) is 0 Å². The molecule has 70 valence electrons. The molecule has 0 saturated heterocycles. The lowest BCUT2D eigenvalue weighted by Crippen LogP contribution is -2.51. The number of hydrogen-bond donors (Lipinski definition) is 2. The van der Waals surface area contributed by atoms with Gasteiger partial charge < -0.3 is 14.6 Å². The summed E-state index contributed by atoms with van der Waals surface area (Å²) in [7, 11) is 0.843. The van der Waals surface area contributed by atoms with E-state index in [1.807, 2.05) is 0 Å². The molecule has 0 radical (unpaired) electrons. The van der Waals surface area contributed by atoms with E-state index in [-0.39, 0.29) is 5.46 Å². The van der Waals surface area contributed by atoms with Crippen molar-refractivity contribution in [2.75, 3.05) is 0 Å². The van der Waals surface area contributed by atoms with Gasteiger partial charge in [0.2, 0.25) is 0 Å². The first-order chi connectivity index (χ1) is 5.95. The summed E-state index contributed by atoms with van der Waals surface area (Å²) in [4.78, 5) is 22.3. The molecule has 13 heavy (non-hydrogen) atoms. The van der Waals surface area contributed by atoms with Crippen LogP contribution in [-0.2, 0) is 14.1 Å². The van der Waals surface area contributed by atoms with Crippen LogP contribution in [0.15, 0.2) is 15.8 Å². The molecule has 0 aliphatic rings. The Morgan fingerprint density at radius 1 is 1.31 bits per heavy atom. The predicted octanol–water partition coefficient (Wildman–Crippen LogP) is -3.24. The first-order valence-electron chi connectivity index (χ1n) is 3.58. The number of rotatable bonds is 1. The van der Waals surface area contributed by atoms with E-state index >= 15 is 0 Å². The van der Waals surface area contributed by atoms with E-state index in [4.69, 9.17) is 10.0 Å². The maximum atomic E-state index is 11.2. The van der Waals surface area contributed by atoms with Gasteiger partial charge in [0.05, 0.1) is 5.46 Å². The fraction of sp³-hybridized carbons (Fsp3) is 0.333. The Hall–Kier alpha value is -1.34. The van der Waals surface area contributed by atoms with E-state index in [1.165, 1.54) is 14.1 Å². The lowest BCUT2D eigenvalue weighted by molar-refractivity contribution is 0.424. The summed E-state index contributed by atoms with van der Waals surface area (Å²) < 4.78 is 1.92. The Bertz CT molecular complexity index is 433. The highest BCUT2D eigenvalue weighted by molar-refractivity contribution is 6.58. The highest BCUT2D eigenvalue weighted by atomic mass is 16.4. The van der Waals surface area contributed by atoms with E-state index in [0.29, 0.717) is 0 Å². The van der Waals surface area contributed by atoms with Crippen molar-refractivity contribution in [3.63, 3.8) is 0 Å². The first-order valence-corrected chi connectivity index (χ1v) is 3.58. The fourth-order valence-corrected chi connectivity index (χ4v) is 1.01. The van der Waals surface area contributed by atoms with Crippen molar-refractivity contribution in [3.8, 4) is 0 Å². The van der Waals surface area contributed by atoms with Gasteiger partial charge in [0.25, 0.3) is 5.56 Å². The van der Waals surface area contributed by atoms with Crippen molar-refractivity contribution in [2.24, 2.45) is 14.1 Å². The lowest BCUT2D eigenvalue weighted by atomic mass is 9.82. The fourth-order valence-electron chi connectivity index (χ4n) is 1.01. The van der Waals surface area contributed by atoms with Crippen molar-refractivity contribution in [2.45, 2.75) is 0 Å². The minimum Gasteiger partial charge on any atom is -0.423 e. The molecule has 0 aliphatic carbocycles. The monoisotopic (exact) mass is 184 g/mol. The molecule has 0 atom stereocenters. The van der Waals surface area contributed by atoms with Crippen LogP contribution in [0.1, 0.15) is 0 Å². The van der Waals surface area contributed by atoms with Gasteiger partial charge in [-0.05, 0) is 0 Å². The third kappa shape index (κ3) is 1.56. The van der Waals surface area contributed by atoms with Gasteiger partial charge in [0.15, 0.2) is 0 Å². The zero-order chi connectivity index (χ0) is 10.2. The number of aromatic nitrogens is 2. The van der Waals surface area contributed by atoms with Crippen molar-refractivity contribution >= 4 is 12.6 Å². The van der Waals surface area contributed by atoms with Gasteiger partial charge in [0, 0.05) is 20.3 Å². The Balaban J connectivity index is 3.60. The maximum absolute atomic E-state index is 11.2. The molecule has 0 unspecified atom stereocenters. The van der Waals surface area contributed by atoms with E-state index in [1.54, 1.807) is 0 Å². The average Bonchev–Trinajstić information content (AvgIpc) is 2.07. The summed E-state index contributed by atoms with van der Waals surface area (Å²) >= 11 is 0. The third-order valence-electron chi connectivity index (χ3n) is 1.75. The molecular weight excluding hydrogens is 175 g/mol. The van der Waals surface area contributed by atoms with Crippen LogP contribution in [0.5, 0.6) is 0 Å². The van der Waals surface area contributed by atoms with E-state index in [2.05, 4.69) is 0 Å². The molecule has 2 N–H and O–H groups in total. The molecule has 7 heteroatoms. The Labute approximate surface area is 73.8 Å². The molecule has 1 aromatic rings. The average molecular weight is 184 g/mol. The standard InChI is InChI=1S/C6H9BN2O4/c1-8-3-4(7(12)13)5(10)9(2)6(8)11/h3,12-13H,1-2H3. The summed E-state index contributed by atoms with van der Waals surface area (Å²) in [5, 5.41) is 17.5. The van der Waals surface area contributed by atoms with Crippen LogP contribution < -0.4 is 16.7 Å². The van der Waals surface area contributed by atoms with Gasteiger partial charge in [-0.3, -0.25) is 9.36 Å². The molecule has 0 aromatic carbocycles. The van der Waals surface area contributed by atoms with Crippen molar-refractivity contribution in [3.05, 3.63) is 27.0 Å². The van der Waals surface area contributed by atoms with Crippen molar-refractivity contribution < 1.29 is 10.0 Å². The predicted molar refractivity (Wildman–Crippen MR) is 46.7 cm³/mol. The molecule has 0 amide bonds. The SMILES string of the molecule is Cn1cc(B(O)O)c(=O)n(C)c1=O. The minimum atomic E-state index is -1.86. The van der Waals surface area contributed by atoms with Crippen LogP contribution in [0.3, 0.4) is 0 Å². The lowest BCUT2D eigenvalue weighted by Gasteiger charge is -2.04. The third-order valence-corrected chi connectivity index (χ3v) is 1.75. The van der Waals surface area contributed by atoms with E-state index in [9.17, 15) is 9.59 Å². The largest absolute Gasteiger partial charge is 0.495 e. The first kappa shape index (κ1) is 9.75. The summed E-state index contributed by atoms with van der Waals surface area (Å²) in [5.41, 5.74) is -1.42. The Morgan fingerprint density at radius 3 is 2.31 bits per heavy atom. The minimum absolute atomic E-state index is 0.218. The van der Waals surface area contributed by atoms with Gasteiger partial charge >= 0.3 is 12.8 Å². The summed E-state index contributed by atoms with van der Waals surface area (Å²) in [6.45, 7) is 0. The Kier molecular flexibility index (Phi) is 2.39. The van der Waals surface area contributed by atoms with Crippen LogP contribution in [0.25, 0.3) is 0 Å². The summed E-state index contributed by atoms with van der Waals surface area (Å²) in [6, 6.07) is 0. The maximum Gasteiger partial charge on any atom is 0.495 e. The molecule has 0 saturated carbocycles. The highest BCUT2D eigenvalue weighted by Crippen LogP contribution is 1.70. The zero-order valence-electron chi connectivity index (χ0n) is 7.26. The molecule has 0 spiro atoms. The smallest absolute Gasteiger partial charge is 0.423 e. The van der Waals surface area contributed by atoms with Gasteiger partial charge in [0.1, 0.15) is 0 Å². The van der Waals surface area contributed by atoms with Gasteiger partial charge in [-0.1, -0.05) is 0 Å². The number of hydrogen-bond acceptors (Lipinski definition) is 4. The van der Waals surface area contributed by atoms with Gasteiger partial charge in [-0.25, -0.2) is 4.79 Å². The second-order valence-corrected chi connectivity index (χ2v) is 2.72. The number of nitrogens with zero attached hydrogens (tertiary/aromatic N) is 2. The quantitative estimate of drug-likeness (QED) is 0.449. The van der Waals surface area contributed by atoms with Crippen molar-refractivity contribution in [1.82, 2.24) is 9.13 Å². The van der Waals surface area contributed by atoms with Crippen LogP contribution in [0, 0.1) is 0 Å². The molecule has 0 bridgehead atoms. The molecule has 1 heterocycles. The van der Waals surface area contributed by atoms with Crippen molar-refractivity contribution in [1.29, 1.82) is 0 Å². The van der Waals surface area contributed by atoms with E-state index in [0.717, 1.165) is 15.3 Å². The topological polar surface area (TPSA) is 84.5 Å². The second kappa shape index (κ2) is 3.19. The molecule has 0 aliphatic heterocycles. The highest BCUT2D eigenvalue weighted by Gasteiger charge is 2.18. The zero-order valence-corrected chi connectivity index (χ0v) is 7.26. The van der Waals surface area contributed by atoms with E-state index < -0.39 is 18.4 Å². The molecule has 0 fully saturated rings. The summed E-state index contributed by atoms with van der Waals surface area (Å²) in [5.74, 6) is 0. The van der Waals surface area contributed by atoms with Gasteiger partial charge in [-0.15, -0.1) is 0 Å². The van der Waals surface area contributed by atoms with Crippen LogP contribution >= 0.6 is 0 Å². The Morgan fingerprint density at radius 2 is 1.85 bits per heavy atom. The van der Waals surface area contributed by atoms with Crippen LogP contribution in [-0.4, -0.2) is 26.3 Å². The molecule has 1 aromatic heterocycles. The second-order valence-electron chi connectivity index (χ2n) is 2.72. The molecule has 1 rings (SSSR count). The number of aryl methyl sites for hydroxylation is 1. The molecule has 6 nitrogen and oxygen atoms in total. The van der Waals surface area contributed by atoms with Crippen LogP contribution in [0.4, 0.5) is 0 Å². The van der Waals surface area contributed by atoms with Gasteiger partial charge in [-0.2, -0.15) is 0 Å². The summed E-state index contributed by atoms with van der Waals surface area (Å²) in [6.07, 6.45) is 1.11.